The fourth-order valence-corrected chi connectivity index (χ4v) is 3.59. The van der Waals surface area contributed by atoms with Crippen LogP contribution in [0.15, 0.2) is 58.5 Å². The summed E-state index contributed by atoms with van der Waals surface area (Å²) in [6.07, 6.45) is 1.36. The van der Waals surface area contributed by atoms with Gasteiger partial charge >= 0.3 is 0 Å². The van der Waals surface area contributed by atoms with Gasteiger partial charge in [0.1, 0.15) is 5.82 Å². The Morgan fingerprint density at radius 1 is 1.10 bits per heavy atom. The van der Waals surface area contributed by atoms with Crippen LogP contribution in [0.25, 0.3) is 10.9 Å². The van der Waals surface area contributed by atoms with Crippen LogP contribution in [0.5, 0.6) is 0 Å². The predicted molar refractivity (Wildman–Crippen MR) is 74.6 cm³/mol. The molecule has 3 N–H and O–H groups in total. The highest BCUT2D eigenvalue weighted by Gasteiger charge is 2.21. The van der Waals surface area contributed by atoms with E-state index in [1.807, 2.05) is 0 Å². The van der Waals surface area contributed by atoms with Gasteiger partial charge in [-0.15, -0.1) is 0 Å². The molecule has 0 spiro atoms. The number of benzene rings is 2. The molecule has 0 aliphatic heterocycles. The summed E-state index contributed by atoms with van der Waals surface area (Å²) >= 11 is 0. The summed E-state index contributed by atoms with van der Waals surface area (Å²) in [6.45, 7) is 0. The Balaban J connectivity index is 2.24. The van der Waals surface area contributed by atoms with E-state index in [0.717, 1.165) is 0 Å². The van der Waals surface area contributed by atoms with Crippen molar-refractivity contribution in [3.05, 3.63) is 54.5 Å². The molecule has 1 aromatic heterocycles. The van der Waals surface area contributed by atoms with Crippen molar-refractivity contribution in [1.82, 2.24) is 4.98 Å². The minimum atomic E-state index is -3.69. The molecular formula is C14H11FN2O2S. The van der Waals surface area contributed by atoms with Gasteiger partial charge < -0.3 is 10.7 Å². The number of anilines is 1. The summed E-state index contributed by atoms with van der Waals surface area (Å²) in [5.74, 6) is -0.424. The van der Waals surface area contributed by atoms with E-state index in [1.165, 1.54) is 36.5 Å². The van der Waals surface area contributed by atoms with Gasteiger partial charge in [0.25, 0.3) is 0 Å². The van der Waals surface area contributed by atoms with Gasteiger partial charge in [-0.25, -0.2) is 12.8 Å². The summed E-state index contributed by atoms with van der Waals surface area (Å²) in [7, 11) is -3.69. The highest BCUT2D eigenvalue weighted by Crippen LogP contribution is 2.29. The minimum Gasteiger partial charge on any atom is -0.399 e. The molecule has 20 heavy (non-hydrogen) atoms. The average molecular weight is 290 g/mol. The van der Waals surface area contributed by atoms with E-state index in [-0.39, 0.29) is 9.79 Å². The van der Waals surface area contributed by atoms with Crippen molar-refractivity contribution >= 4 is 26.4 Å². The second kappa shape index (κ2) is 4.35. The first-order valence-electron chi connectivity index (χ1n) is 5.86. The lowest BCUT2D eigenvalue weighted by atomic mass is 10.2. The quantitative estimate of drug-likeness (QED) is 0.712. The molecule has 3 rings (SSSR count). The maximum Gasteiger partial charge on any atom is 0.208 e. The summed E-state index contributed by atoms with van der Waals surface area (Å²) in [5, 5.41) is 0.453. The number of aromatic nitrogens is 1. The van der Waals surface area contributed by atoms with Crippen molar-refractivity contribution in [2.24, 2.45) is 0 Å². The maximum absolute atomic E-state index is 13.1. The van der Waals surface area contributed by atoms with E-state index >= 15 is 0 Å². The second-order valence-corrected chi connectivity index (χ2v) is 6.34. The Hall–Kier alpha value is -2.34. The summed E-state index contributed by atoms with van der Waals surface area (Å²) in [4.78, 5) is 2.99. The molecule has 2 aromatic carbocycles. The smallest absolute Gasteiger partial charge is 0.208 e. The second-order valence-electron chi connectivity index (χ2n) is 4.42. The Labute approximate surface area is 115 Å². The van der Waals surface area contributed by atoms with E-state index in [1.54, 1.807) is 12.1 Å². The van der Waals surface area contributed by atoms with Crippen molar-refractivity contribution in [3.8, 4) is 0 Å². The molecule has 0 amide bonds. The van der Waals surface area contributed by atoms with Crippen LogP contribution >= 0.6 is 0 Å². The van der Waals surface area contributed by atoms with Crippen LogP contribution in [-0.4, -0.2) is 13.4 Å². The van der Waals surface area contributed by atoms with Crippen molar-refractivity contribution in [1.29, 1.82) is 0 Å². The number of halogens is 1. The molecule has 0 saturated carbocycles. The molecule has 0 fully saturated rings. The molecule has 0 radical (unpaired) electrons. The lowest BCUT2D eigenvalue weighted by molar-refractivity contribution is 0.597. The first kappa shape index (κ1) is 12.7. The van der Waals surface area contributed by atoms with Crippen LogP contribution in [0, 0.1) is 5.82 Å². The van der Waals surface area contributed by atoms with Crippen LogP contribution in [0.1, 0.15) is 0 Å². The summed E-state index contributed by atoms with van der Waals surface area (Å²) in [5.41, 5.74) is 6.43. The van der Waals surface area contributed by atoms with Gasteiger partial charge in [-0.2, -0.15) is 0 Å². The van der Waals surface area contributed by atoms with E-state index < -0.39 is 15.7 Å². The molecule has 3 aromatic rings. The summed E-state index contributed by atoms with van der Waals surface area (Å²) in [6, 6.07) is 10.0. The number of nitrogen functional groups attached to an aromatic ring is 1. The number of fused-ring (bicyclic) bond motifs is 1. The van der Waals surface area contributed by atoms with Gasteiger partial charge in [0.15, 0.2) is 0 Å². The molecule has 1 heterocycles. The van der Waals surface area contributed by atoms with Crippen molar-refractivity contribution in [2.75, 3.05) is 5.73 Å². The number of hydrogen-bond acceptors (Lipinski definition) is 3. The molecule has 0 aliphatic carbocycles. The fourth-order valence-electron chi connectivity index (χ4n) is 2.10. The molecular weight excluding hydrogens is 279 g/mol. The van der Waals surface area contributed by atoms with E-state index in [4.69, 9.17) is 5.73 Å². The van der Waals surface area contributed by atoms with Crippen LogP contribution < -0.4 is 5.73 Å². The van der Waals surface area contributed by atoms with E-state index in [9.17, 15) is 12.8 Å². The number of hydrogen-bond donors (Lipinski definition) is 2. The highest BCUT2D eigenvalue weighted by molar-refractivity contribution is 7.91. The van der Waals surface area contributed by atoms with Crippen LogP contribution in [0.4, 0.5) is 10.1 Å². The lowest BCUT2D eigenvalue weighted by Gasteiger charge is -2.04. The molecule has 0 unspecified atom stereocenters. The Kier molecular flexibility index (Phi) is 2.76. The molecule has 0 bridgehead atoms. The van der Waals surface area contributed by atoms with Gasteiger partial charge in [-0.05, 0) is 36.4 Å². The molecule has 102 valence electrons. The third kappa shape index (κ3) is 1.94. The molecule has 0 saturated heterocycles. The Bertz CT molecular complexity index is 900. The zero-order valence-corrected chi connectivity index (χ0v) is 11.1. The third-order valence-corrected chi connectivity index (χ3v) is 4.86. The van der Waals surface area contributed by atoms with Crippen molar-refractivity contribution in [2.45, 2.75) is 9.79 Å². The third-order valence-electron chi connectivity index (χ3n) is 3.06. The number of H-pyrrole nitrogens is 1. The zero-order chi connectivity index (χ0) is 14.3. The topological polar surface area (TPSA) is 76.0 Å². The van der Waals surface area contributed by atoms with Gasteiger partial charge in [0.05, 0.1) is 9.79 Å². The van der Waals surface area contributed by atoms with E-state index in [2.05, 4.69) is 4.98 Å². The minimum absolute atomic E-state index is 0.109. The molecule has 6 heteroatoms. The van der Waals surface area contributed by atoms with E-state index in [0.29, 0.717) is 16.6 Å². The summed E-state index contributed by atoms with van der Waals surface area (Å²) < 4.78 is 38.3. The van der Waals surface area contributed by atoms with Crippen molar-refractivity contribution in [3.63, 3.8) is 0 Å². The number of sulfone groups is 1. The highest BCUT2D eigenvalue weighted by atomic mass is 32.2. The number of rotatable bonds is 2. The lowest BCUT2D eigenvalue weighted by Crippen LogP contribution is -2.02. The van der Waals surface area contributed by atoms with Gasteiger partial charge in [0.2, 0.25) is 9.84 Å². The largest absolute Gasteiger partial charge is 0.399 e. The van der Waals surface area contributed by atoms with Crippen LogP contribution in [0.3, 0.4) is 0 Å². The molecule has 4 nitrogen and oxygen atoms in total. The van der Waals surface area contributed by atoms with Crippen LogP contribution in [0.2, 0.25) is 0 Å². The Morgan fingerprint density at radius 2 is 1.90 bits per heavy atom. The predicted octanol–water partition coefficient (Wildman–Crippen LogP) is 2.72. The van der Waals surface area contributed by atoms with Gasteiger partial charge in [-0.3, -0.25) is 0 Å². The fraction of sp³-hybridized carbons (Fsp3) is 0. The number of nitrogens with one attached hydrogen (secondary N) is 1. The van der Waals surface area contributed by atoms with Gasteiger partial charge in [0, 0.05) is 22.8 Å². The zero-order valence-electron chi connectivity index (χ0n) is 10.3. The van der Waals surface area contributed by atoms with Crippen LogP contribution in [-0.2, 0) is 9.84 Å². The first-order valence-corrected chi connectivity index (χ1v) is 7.34. The SMILES string of the molecule is Nc1cccc(S(=O)(=O)c2c[nH]c3cc(F)ccc23)c1. The first-order chi connectivity index (χ1) is 9.48. The average Bonchev–Trinajstić information content (AvgIpc) is 2.82. The van der Waals surface area contributed by atoms with Crippen molar-refractivity contribution < 1.29 is 12.8 Å². The standard InChI is InChI=1S/C14H11FN2O2S/c15-9-4-5-12-13(6-9)17-8-14(12)20(18,19)11-3-1-2-10(16)7-11/h1-8,17H,16H2. The Morgan fingerprint density at radius 3 is 2.65 bits per heavy atom. The van der Waals surface area contributed by atoms with Gasteiger partial charge in [-0.1, -0.05) is 6.07 Å². The normalized spacial score (nSPS) is 11.8. The molecule has 0 atom stereocenters. The number of aromatic amines is 1. The maximum atomic E-state index is 13.1. The number of nitrogens with two attached hydrogens (primary N) is 1. The monoisotopic (exact) mass is 290 g/mol. The molecule has 0 aliphatic rings.